The fourth-order valence-corrected chi connectivity index (χ4v) is 3.93. The highest BCUT2D eigenvalue weighted by Gasteiger charge is 2.02. The molecule has 0 rings (SSSR count). The molecule has 0 aromatic carbocycles. The highest BCUT2D eigenvalue weighted by Crippen LogP contribution is 2.19. The lowest BCUT2D eigenvalue weighted by Crippen LogP contribution is -1.95. The van der Waals surface area contributed by atoms with Gasteiger partial charge in [-0.15, -0.1) is 0 Å². The lowest BCUT2D eigenvalue weighted by atomic mass is 9.96. The summed E-state index contributed by atoms with van der Waals surface area (Å²) in [5, 5.41) is 0. The lowest BCUT2D eigenvalue weighted by Gasteiger charge is -2.11. The summed E-state index contributed by atoms with van der Waals surface area (Å²) in [7, 11) is 0. The smallest absolute Gasteiger partial charge is 0.0443 e. The van der Waals surface area contributed by atoms with Crippen molar-refractivity contribution in [1.82, 2.24) is 0 Å². The Balaban J connectivity index is 3.09. The van der Waals surface area contributed by atoms with E-state index in [4.69, 9.17) is 0 Å². The Bertz CT molecular complexity index is 220. The average Bonchev–Trinajstić information content (AvgIpc) is 2.62. The SMILES string of the molecule is CCCCCCCCCCCCCCC[C@H](C)CCCCCCCC. The molecule has 0 unspecified atom stereocenters. The van der Waals surface area contributed by atoms with Crippen molar-refractivity contribution in [2.45, 2.75) is 156 Å². The second-order valence-corrected chi connectivity index (χ2v) is 8.69. The van der Waals surface area contributed by atoms with Gasteiger partial charge >= 0.3 is 0 Å². The number of hydrogen-bond donors (Lipinski definition) is 0. The highest BCUT2D eigenvalue weighted by atomic mass is 14.1. The molecule has 0 spiro atoms. The summed E-state index contributed by atoms with van der Waals surface area (Å²) in [5.74, 6) is 0.971. The molecule has 0 aromatic heterocycles. The van der Waals surface area contributed by atoms with Gasteiger partial charge in [-0.05, 0) is 5.92 Å². The van der Waals surface area contributed by atoms with Crippen LogP contribution in [0.15, 0.2) is 0 Å². The zero-order valence-corrected chi connectivity index (χ0v) is 18.4. The van der Waals surface area contributed by atoms with E-state index in [2.05, 4.69) is 20.8 Å². The van der Waals surface area contributed by atoms with Crippen LogP contribution in [-0.4, -0.2) is 0 Å². The molecule has 0 heterocycles. The van der Waals surface area contributed by atoms with Crippen LogP contribution in [0, 0.1) is 5.92 Å². The molecule has 152 valence electrons. The molecule has 0 aliphatic rings. The molecule has 0 aromatic rings. The van der Waals surface area contributed by atoms with Gasteiger partial charge in [0.15, 0.2) is 0 Å². The fraction of sp³-hybridized carbons (Fsp3) is 1.00. The van der Waals surface area contributed by atoms with Crippen molar-refractivity contribution in [2.75, 3.05) is 0 Å². The molecule has 0 fully saturated rings. The molecule has 0 N–H and O–H groups in total. The predicted octanol–water partition coefficient (Wildman–Crippen LogP) is 9.85. The minimum atomic E-state index is 0.971. The molecular formula is C25H52. The Kier molecular flexibility index (Phi) is 22.0. The van der Waals surface area contributed by atoms with E-state index in [-0.39, 0.29) is 0 Å². The summed E-state index contributed by atoms with van der Waals surface area (Å²) >= 11 is 0. The maximum Gasteiger partial charge on any atom is -0.0443 e. The summed E-state index contributed by atoms with van der Waals surface area (Å²) in [4.78, 5) is 0. The first-order valence-electron chi connectivity index (χ1n) is 12.3. The maximum atomic E-state index is 2.48. The topological polar surface area (TPSA) is 0 Å². The van der Waals surface area contributed by atoms with E-state index >= 15 is 0 Å². The highest BCUT2D eigenvalue weighted by molar-refractivity contribution is 4.56. The van der Waals surface area contributed by atoms with Gasteiger partial charge in [0, 0.05) is 0 Å². The second-order valence-electron chi connectivity index (χ2n) is 8.69. The molecule has 0 nitrogen and oxygen atoms in total. The first-order chi connectivity index (χ1) is 12.3. The average molecular weight is 353 g/mol. The fourth-order valence-electron chi connectivity index (χ4n) is 3.93. The maximum absolute atomic E-state index is 2.48. The third-order valence-corrected chi connectivity index (χ3v) is 5.85. The standard InChI is InChI=1S/C25H52/c1-4-6-8-10-12-13-14-15-16-17-18-20-22-24-25(3)23-21-19-11-9-7-5-2/h25H,4-24H2,1-3H3/t25-/m1/s1. The summed E-state index contributed by atoms with van der Waals surface area (Å²) < 4.78 is 0. The van der Waals surface area contributed by atoms with E-state index in [0.717, 1.165) is 5.92 Å². The second kappa shape index (κ2) is 22.0. The van der Waals surface area contributed by atoms with Crippen molar-refractivity contribution in [3.05, 3.63) is 0 Å². The van der Waals surface area contributed by atoms with Crippen LogP contribution in [0.3, 0.4) is 0 Å². The molecule has 0 heteroatoms. The van der Waals surface area contributed by atoms with E-state index in [1.165, 1.54) is 135 Å². The molecule has 0 aliphatic carbocycles. The van der Waals surface area contributed by atoms with Gasteiger partial charge in [0.25, 0.3) is 0 Å². The number of unbranched alkanes of at least 4 members (excludes halogenated alkanes) is 17. The minimum absolute atomic E-state index is 0.971. The van der Waals surface area contributed by atoms with Gasteiger partial charge in [-0.1, -0.05) is 156 Å². The molecule has 0 saturated carbocycles. The van der Waals surface area contributed by atoms with Crippen molar-refractivity contribution in [1.29, 1.82) is 0 Å². The van der Waals surface area contributed by atoms with E-state index in [0.29, 0.717) is 0 Å². The van der Waals surface area contributed by atoms with Crippen LogP contribution in [0.2, 0.25) is 0 Å². The predicted molar refractivity (Wildman–Crippen MR) is 117 cm³/mol. The third kappa shape index (κ3) is 22.0. The molecular weight excluding hydrogens is 300 g/mol. The monoisotopic (exact) mass is 352 g/mol. The van der Waals surface area contributed by atoms with Crippen LogP contribution in [0.4, 0.5) is 0 Å². The van der Waals surface area contributed by atoms with Crippen LogP contribution in [0.5, 0.6) is 0 Å². The largest absolute Gasteiger partial charge is 0.0654 e. The first kappa shape index (κ1) is 25.0. The molecule has 1 atom stereocenters. The molecule has 0 amide bonds. The lowest BCUT2D eigenvalue weighted by molar-refractivity contribution is 0.430. The number of rotatable bonds is 21. The van der Waals surface area contributed by atoms with Gasteiger partial charge in [0.05, 0.1) is 0 Å². The van der Waals surface area contributed by atoms with E-state index in [1.54, 1.807) is 0 Å². The van der Waals surface area contributed by atoms with Gasteiger partial charge in [0.2, 0.25) is 0 Å². The molecule has 0 radical (unpaired) electrons. The van der Waals surface area contributed by atoms with Crippen molar-refractivity contribution in [3.63, 3.8) is 0 Å². The van der Waals surface area contributed by atoms with Crippen LogP contribution in [0.25, 0.3) is 0 Å². The summed E-state index contributed by atoms with van der Waals surface area (Å²) in [6.45, 7) is 7.08. The van der Waals surface area contributed by atoms with Gasteiger partial charge in [0.1, 0.15) is 0 Å². The van der Waals surface area contributed by atoms with Crippen LogP contribution in [0.1, 0.15) is 156 Å². The first-order valence-corrected chi connectivity index (χ1v) is 12.3. The minimum Gasteiger partial charge on any atom is -0.0654 e. The van der Waals surface area contributed by atoms with Crippen molar-refractivity contribution < 1.29 is 0 Å². The molecule has 25 heavy (non-hydrogen) atoms. The van der Waals surface area contributed by atoms with E-state index < -0.39 is 0 Å². The third-order valence-electron chi connectivity index (χ3n) is 5.85. The van der Waals surface area contributed by atoms with Crippen LogP contribution in [-0.2, 0) is 0 Å². The van der Waals surface area contributed by atoms with Crippen molar-refractivity contribution >= 4 is 0 Å². The molecule has 0 aliphatic heterocycles. The normalized spacial score (nSPS) is 12.6. The van der Waals surface area contributed by atoms with Gasteiger partial charge in [-0.3, -0.25) is 0 Å². The zero-order chi connectivity index (χ0) is 18.4. The van der Waals surface area contributed by atoms with Gasteiger partial charge in [-0.2, -0.15) is 0 Å². The van der Waals surface area contributed by atoms with Crippen LogP contribution < -0.4 is 0 Å². The van der Waals surface area contributed by atoms with Crippen LogP contribution >= 0.6 is 0 Å². The van der Waals surface area contributed by atoms with E-state index in [9.17, 15) is 0 Å². The molecule has 0 saturated heterocycles. The Morgan fingerprint density at radius 1 is 0.360 bits per heavy atom. The zero-order valence-electron chi connectivity index (χ0n) is 18.4. The van der Waals surface area contributed by atoms with Gasteiger partial charge < -0.3 is 0 Å². The number of hydrogen-bond acceptors (Lipinski definition) is 0. The Morgan fingerprint density at radius 3 is 0.880 bits per heavy atom. The quantitative estimate of drug-likeness (QED) is 0.180. The summed E-state index contributed by atoms with van der Waals surface area (Å²) in [6, 6.07) is 0. The molecule has 0 bridgehead atoms. The van der Waals surface area contributed by atoms with Gasteiger partial charge in [-0.25, -0.2) is 0 Å². The Morgan fingerprint density at radius 2 is 0.600 bits per heavy atom. The Hall–Kier alpha value is 0. The summed E-state index contributed by atoms with van der Waals surface area (Å²) in [5.41, 5.74) is 0. The van der Waals surface area contributed by atoms with E-state index in [1.807, 2.05) is 0 Å². The summed E-state index contributed by atoms with van der Waals surface area (Å²) in [6.07, 6.45) is 30.8. The van der Waals surface area contributed by atoms with Crippen molar-refractivity contribution in [3.8, 4) is 0 Å². The Labute approximate surface area is 161 Å². The van der Waals surface area contributed by atoms with Crippen molar-refractivity contribution in [2.24, 2.45) is 5.92 Å².